The molecule has 112 valence electrons. The molecule has 0 spiro atoms. The van der Waals surface area contributed by atoms with E-state index in [-0.39, 0.29) is 5.69 Å². The lowest BCUT2D eigenvalue weighted by atomic mass is 9.92. The number of urea groups is 1. The van der Waals surface area contributed by atoms with Crippen molar-refractivity contribution in [3.63, 3.8) is 0 Å². The Balaban J connectivity index is 3.27. The first kappa shape index (κ1) is 16.1. The van der Waals surface area contributed by atoms with Crippen molar-refractivity contribution in [2.75, 3.05) is 5.32 Å². The zero-order valence-corrected chi connectivity index (χ0v) is 9.51. The van der Waals surface area contributed by atoms with E-state index >= 15 is 0 Å². The third-order valence-corrected chi connectivity index (χ3v) is 2.39. The van der Waals surface area contributed by atoms with Gasteiger partial charge in [0.15, 0.2) is 0 Å². The normalized spacial score (nSPS) is 13.2. The van der Waals surface area contributed by atoms with Crippen molar-refractivity contribution in [3.8, 4) is 0 Å². The number of anilines is 1. The molecule has 1 aromatic carbocycles. The topological polar surface area (TPSA) is 75.4 Å². The summed E-state index contributed by atoms with van der Waals surface area (Å²) in [4.78, 5) is 10.5. The number of nitrogens with two attached hydrogens (primary N) is 1. The van der Waals surface area contributed by atoms with Gasteiger partial charge in [-0.3, -0.25) is 0 Å². The average Bonchev–Trinajstić information content (AvgIpc) is 2.25. The Hall–Kier alpha value is -1.97. The Morgan fingerprint density at radius 3 is 1.70 bits per heavy atom. The van der Waals surface area contributed by atoms with E-state index in [1.165, 1.54) is 0 Å². The number of benzene rings is 1. The van der Waals surface area contributed by atoms with Gasteiger partial charge >= 0.3 is 18.4 Å². The molecule has 0 fully saturated rings. The van der Waals surface area contributed by atoms with Crippen LogP contribution in [-0.2, 0) is 5.60 Å². The fourth-order valence-corrected chi connectivity index (χ4v) is 1.43. The summed E-state index contributed by atoms with van der Waals surface area (Å²) >= 11 is 0. The van der Waals surface area contributed by atoms with E-state index in [4.69, 9.17) is 10.8 Å². The highest BCUT2D eigenvalue weighted by Crippen LogP contribution is 2.50. The van der Waals surface area contributed by atoms with Crippen LogP contribution in [-0.4, -0.2) is 23.5 Å². The summed E-state index contributed by atoms with van der Waals surface area (Å²) in [5.74, 6) is 0. The van der Waals surface area contributed by atoms with Gasteiger partial charge in [-0.1, -0.05) is 12.1 Å². The maximum Gasteiger partial charge on any atom is 0.430 e. The average molecular weight is 302 g/mol. The second-order valence-electron chi connectivity index (χ2n) is 3.77. The lowest BCUT2D eigenvalue weighted by Crippen LogP contribution is -2.53. The number of amides is 2. The van der Waals surface area contributed by atoms with Gasteiger partial charge in [-0.15, -0.1) is 0 Å². The quantitative estimate of drug-likeness (QED) is 0.734. The van der Waals surface area contributed by atoms with Crippen LogP contribution < -0.4 is 11.1 Å². The third kappa shape index (κ3) is 2.79. The molecule has 0 radical (unpaired) electrons. The SMILES string of the molecule is NC(=O)Nc1ccc(C(O)(C(F)(F)F)C(F)(F)F)cc1. The molecule has 0 aromatic heterocycles. The van der Waals surface area contributed by atoms with E-state index in [0.29, 0.717) is 12.1 Å². The number of alkyl halides is 6. The van der Waals surface area contributed by atoms with Crippen LogP contribution in [0.2, 0.25) is 0 Å². The lowest BCUT2D eigenvalue weighted by molar-refractivity contribution is -0.376. The van der Waals surface area contributed by atoms with Crippen LogP contribution in [0.1, 0.15) is 5.56 Å². The van der Waals surface area contributed by atoms with Crippen molar-refractivity contribution in [1.82, 2.24) is 0 Å². The number of carbonyl (C=O) groups excluding carboxylic acids is 1. The molecule has 0 aliphatic carbocycles. The molecule has 2 amide bonds. The molecule has 4 N–H and O–H groups in total. The molecular weight excluding hydrogens is 294 g/mol. The maximum absolute atomic E-state index is 12.5. The molecule has 1 rings (SSSR count). The number of hydrogen-bond acceptors (Lipinski definition) is 2. The van der Waals surface area contributed by atoms with E-state index in [1.54, 1.807) is 0 Å². The van der Waals surface area contributed by atoms with Gasteiger partial charge in [0.05, 0.1) is 0 Å². The second kappa shape index (κ2) is 4.85. The first-order chi connectivity index (χ1) is 8.89. The van der Waals surface area contributed by atoms with E-state index in [1.807, 2.05) is 5.32 Å². The summed E-state index contributed by atoms with van der Waals surface area (Å²) in [6.45, 7) is 0. The van der Waals surface area contributed by atoms with Gasteiger partial charge in [-0.05, 0) is 12.1 Å². The number of primary amides is 1. The fraction of sp³-hybridized carbons (Fsp3) is 0.300. The van der Waals surface area contributed by atoms with Gasteiger partial charge < -0.3 is 16.2 Å². The monoisotopic (exact) mass is 302 g/mol. The number of aliphatic hydroxyl groups is 1. The van der Waals surface area contributed by atoms with Gasteiger partial charge in [-0.25, -0.2) is 4.79 Å². The summed E-state index contributed by atoms with van der Waals surface area (Å²) in [5, 5.41) is 11.0. The van der Waals surface area contributed by atoms with Crippen LogP contribution in [0.25, 0.3) is 0 Å². The van der Waals surface area contributed by atoms with Gasteiger partial charge in [0.25, 0.3) is 5.60 Å². The van der Waals surface area contributed by atoms with Crippen molar-refractivity contribution in [2.24, 2.45) is 5.73 Å². The summed E-state index contributed by atoms with van der Waals surface area (Å²) < 4.78 is 75.2. The second-order valence-corrected chi connectivity index (χ2v) is 3.77. The van der Waals surface area contributed by atoms with Crippen LogP contribution in [0.4, 0.5) is 36.8 Å². The summed E-state index contributed by atoms with van der Waals surface area (Å²) in [5.41, 5.74) is -1.81. The minimum absolute atomic E-state index is 0.118. The van der Waals surface area contributed by atoms with Crippen LogP contribution >= 0.6 is 0 Å². The van der Waals surface area contributed by atoms with Crippen LogP contribution in [0.5, 0.6) is 0 Å². The first-order valence-corrected chi connectivity index (χ1v) is 4.92. The fourth-order valence-electron chi connectivity index (χ4n) is 1.43. The van der Waals surface area contributed by atoms with Gasteiger partial charge in [0.2, 0.25) is 0 Å². The smallest absolute Gasteiger partial charge is 0.369 e. The van der Waals surface area contributed by atoms with Crippen molar-refractivity contribution in [3.05, 3.63) is 29.8 Å². The maximum atomic E-state index is 12.5. The highest BCUT2D eigenvalue weighted by atomic mass is 19.4. The molecule has 4 nitrogen and oxygen atoms in total. The molecule has 0 saturated carbocycles. The third-order valence-electron chi connectivity index (χ3n) is 2.39. The van der Waals surface area contributed by atoms with Crippen LogP contribution in [0.3, 0.4) is 0 Å². The van der Waals surface area contributed by atoms with Gasteiger partial charge in [0.1, 0.15) is 0 Å². The minimum Gasteiger partial charge on any atom is -0.369 e. The van der Waals surface area contributed by atoms with E-state index in [2.05, 4.69) is 0 Å². The molecular formula is C10H8F6N2O2. The summed E-state index contributed by atoms with van der Waals surface area (Å²) in [7, 11) is 0. The molecule has 0 bridgehead atoms. The molecule has 1 aromatic rings. The van der Waals surface area contributed by atoms with Crippen molar-refractivity contribution in [2.45, 2.75) is 18.0 Å². The zero-order valence-electron chi connectivity index (χ0n) is 9.51. The lowest BCUT2D eigenvalue weighted by Gasteiger charge is -2.32. The zero-order chi connectivity index (χ0) is 15.8. The van der Waals surface area contributed by atoms with Crippen LogP contribution in [0, 0.1) is 0 Å². The molecule has 0 aliphatic heterocycles. The predicted molar refractivity (Wildman–Crippen MR) is 55.7 cm³/mol. The molecule has 0 heterocycles. The Labute approximate surface area is 108 Å². The Bertz CT molecular complexity index is 480. The van der Waals surface area contributed by atoms with Gasteiger partial charge in [-0.2, -0.15) is 26.3 Å². The van der Waals surface area contributed by atoms with Gasteiger partial charge in [0, 0.05) is 11.3 Å². The number of rotatable bonds is 2. The Morgan fingerprint density at radius 1 is 1.00 bits per heavy atom. The number of hydrogen-bond donors (Lipinski definition) is 3. The van der Waals surface area contributed by atoms with Crippen molar-refractivity contribution < 1.29 is 36.2 Å². The largest absolute Gasteiger partial charge is 0.430 e. The van der Waals surface area contributed by atoms with Crippen molar-refractivity contribution in [1.29, 1.82) is 0 Å². The predicted octanol–water partition coefficient (Wildman–Crippen LogP) is 2.49. The molecule has 0 unspecified atom stereocenters. The highest BCUT2D eigenvalue weighted by molar-refractivity contribution is 5.87. The molecule has 20 heavy (non-hydrogen) atoms. The van der Waals surface area contributed by atoms with E-state index in [9.17, 15) is 31.1 Å². The molecule has 10 heteroatoms. The summed E-state index contributed by atoms with van der Waals surface area (Å²) in [6, 6.07) is 1.25. The standard InChI is InChI=1S/C10H8F6N2O2/c11-9(12,13)8(20,10(14,15)16)5-1-3-6(4-2-5)18-7(17)19/h1-4,20H,(H3,17,18,19). The minimum atomic E-state index is -5.95. The number of carbonyl (C=O) groups is 1. The highest BCUT2D eigenvalue weighted by Gasteiger charge is 2.71. The first-order valence-electron chi connectivity index (χ1n) is 4.92. The summed E-state index contributed by atoms with van der Waals surface area (Å²) in [6.07, 6.45) is -11.9. The van der Waals surface area contributed by atoms with E-state index < -0.39 is 29.5 Å². The molecule has 0 atom stereocenters. The van der Waals surface area contributed by atoms with Crippen molar-refractivity contribution >= 4 is 11.7 Å². The Morgan fingerprint density at radius 2 is 1.40 bits per heavy atom. The Kier molecular flexibility index (Phi) is 3.90. The van der Waals surface area contributed by atoms with E-state index in [0.717, 1.165) is 12.1 Å². The molecule has 0 saturated heterocycles. The van der Waals surface area contributed by atoms with Crippen LogP contribution in [0.15, 0.2) is 24.3 Å². The number of halogens is 6. The molecule has 0 aliphatic rings. The number of nitrogens with one attached hydrogen (secondary N) is 1.